The topological polar surface area (TPSA) is 58.6 Å². The molecular weight excluding hydrogens is 240 g/mol. The lowest BCUT2D eigenvalue weighted by Gasteiger charge is -2.10. The van der Waals surface area contributed by atoms with Gasteiger partial charge < -0.3 is 15.0 Å². The highest BCUT2D eigenvalue weighted by Crippen LogP contribution is 1.91. The third kappa shape index (κ3) is 12.1. The molecule has 17 heavy (non-hydrogen) atoms. The predicted octanol–water partition coefficient (Wildman–Crippen LogP) is -0.0210. The molecule has 5 nitrogen and oxygen atoms in total. The van der Waals surface area contributed by atoms with Gasteiger partial charge in [0.05, 0.1) is 19.0 Å². The number of likely N-dealkylation sites (N-methyl/N-ethyl adjacent to an activating group) is 1. The van der Waals surface area contributed by atoms with Crippen molar-refractivity contribution in [1.82, 2.24) is 10.2 Å². The summed E-state index contributed by atoms with van der Waals surface area (Å²) in [6, 6.07) is 0. The van der Waals surface area contributed by atoms with E-state index in [2.05, 4.69) is 10.2 Å². The summed E-state index contributed by atoms with van der Waals surface area (Å²) >= 11 is 0. The zero-order valence-electron chi connectivity index (χ0n) is 11.2. The SMILES string of the molecule is CCS(=O)(=O)CCCNCCOCCN(C)C. The fourth-order valence-corrected chi connectivity index (χ4v) is 2.05. The van der Waals surface area contributed by atoms with E-state index in [1.807, 2.05) is 14.1 Å². The van der Waals surface area contributed by atoms with Gasteiger partial charge in [0.1, 0.15) is 9.84 Å². The highest BCUT2D eigenvalue weighted by molar-refractivity contribution is 7.91. The Bertz CT molecular complexity index is 266. The molecule has 0 amide bonds. The van der Waals surface area contributed by atoms with Crippen LogP contribution in [-0.2, 0) is 14.6 Å². The first-order chi connectivity index (χ1) is 7.98. The van der Waals surface area contributed by atoms with E-state index in [4.69, 9.17) is 4.74 Å². The fraction of sp³-hybridized carbons (Fsp3) is 1.00. The molecule has 1 N–H and O–H groups in total. The molecule has 0 rings (SSSR count). The molecule has 0 atom stereocenters. The van der Waals surface area contributed by atoms with Crippen LogP contribution in [0.3, 0.4) is 0 Å². The smallest absolute Gasteiger partial charge is 0.150 e. The molecule has 0 aromatic rings. The van der Waals surface area contributed by atoms with E-state index in [0.717, 1.165) is 26.2 Å². The van der Waals surface area contributed by atoms with Crippen molar-refractivity contribution >= 4 is 9.84 Å². The van der Waals surface area contributed by atoms with Gasteiger partial charge in [-0.15, -0.1) is 0 Å². The van der Waals surface area contributed by atoms with Gasteiger partial charge in [0.25, 0.3) is 0 Å². The number of sulfone groups is 1. The average molecular weight is 266 g/mol. The molecule has 6 heteroatoms. The third-order valence-corrected chi connectivity index (χ3v) is 4.15. The molecule has 0 aromatic carbocycles. The van der Waals surface area contributed by atoms with Crippen LogP contribution in [-0.4, -0.2) is 71.8 Å². The molecule has 0 bridgehead atoms. The Labute approximate surface area is 105 Å². The molecule has 0 fully saturated rings. The first-order valence-electron chi connectivity index (χ1n) is 6.11. The Morgan fingerprint density at radius 1 is 1.18 bits per heavy atom. The van der Waals surface area contributed by atoms with E-state index in [1.165, 1.54) is 0 Å². The van der Waals surface area contributed by atoms with Gasteiger partial charge in [0, 0.05) is 18.8 Å². The van der Waals surface area contributed by atoms with Crippen molar-refractivity contribution in [3.05, 3.63) is 0 Å². The quantitative estimate of drug-likeness (QED) is 0.533. The van der Waals surface area contributed by atoms with Crippen molar-refractivity contribution in [2.24, 2.45) is 0 Å². The van der Waals surface area contributed by atoms with E-state index >= 15 is 0 Å². The van der Waals surface area contributed by atoms with Gasteiger partial charge in [0.15, 0.2) is 0 Å². The summed E-state index contributed by atoms with van der Waals surface area (Å²) in [6.07, 6.45) is 0.674. The van der Waals surface area contributed by atoms with Crippen LogP contribution in [0.25, 0.3) is 0 Å². The maximum Gasteiger partial charge on any atom is 0.150 e. The van der Waals surface area contributed by atoms with E-state index in [1.54, 1.807) is 6.92 Å². The summed E-state index contributed by atoms with van der Waals surface area (Å²) in [4.78, 5) is 2.07. The van der Waals surface area contributed by atoms with Crippen LogP contribution in [0.4, 0.5) is 0 Å². The highest BCUT2D eigenvalue weighted by Gasteiger charge is 2.05. The normalized spacial score (nSPS) is 12.2. The van der Waals surface area contributed by atoms with Gasteiger partial charge in [-0.05, 0) is 27.1 Å². The molecule has 0 aliphatic carbocycles. The molecule has 104 valence electrons. The van der Waals surface area contributed by atoms with Crippen LogP contribution in [0.5, 0.6) is 0 Å². The van der Waals surface area contributed by atoms with Gasteiger partial charge in [-0.1, -0.05) is 6.92 Å². The third-order valence-electron chi connectivity index (χ3n) is 2.35. The Kier molecular flexibility index (Phi) is 9.72. The van der Waals surface area contributed by atoms with E-state index in [0.29, 0.717) is 13.0 Å². The van der Waals surface area contributed by atoms with E-state index in [-0.39, 0.29) is 11.5 Å². The molecule has 0 spiro atoms. The van der Waals surface area contributed by atoms with Gasteiger partial charge in [0.2, 0.25) is 0 Å². The van der Waals surface area contributed by atoms with Crippen LogP contribution in [0.15, 0.2) is 0 Å². The summed E-state index contributed by atoms with van der Waals surface area (Å²) in [5.74, 6) is 0.513. The minimum absolute atomic E-state index is 0.237. The molecule has 0 aromatic heterocycles. The standard InChI is InChI=1S/C11H26N2O3S/c1-4-17(14,15)11-5-6-12-7-9-16-10-8-13(2)3/h12H,4-11H2,1-3H3. The second-order valence-corrected chi connectivity index (χ2v) is 6.73. The first kappa shape index (κ1) is 16.8. The van der Waals surface area contributed by atoms with E-state index < -0.39 is 9.84 Å². The predicted molar refractivity (Wildman–Crippen MR) is 71.2 cm³/mol. The van der Waals surface area contributed by atoms with Gasteiger partial charge >= 0.3 is 0 Å². The van der Waals surface area contributed by atoms with Gasteiger partial charge in [-0.2, -0.15) is 0 Å². The maximum atomic E-state index is 11.2. The summed E-state index contributed by atoms with van der Waals surface area (Å²) < 4.78 is 27.8. The number of rotatable bonds is 11. The van der Waals surface area contributed by atoms with Crippen LogP contribution in [0, 0.1) is 0 Å². The Morgan fingerprint density at radius 2 is 1.88 bits per heavy atom. The van der Waals surface area contributed by atoms with Crippen molar-refractivity contribution in [1.29, 1.82) is 0 Å². The summed E-state index contributed by atoms with van der Waals surface area (Å²) in [5.41, 5.74) is 0. The number of nitrogens with zero attached hydrogens (tertiary/aromatic N) is 1. The van der Waals surface area contributed by atoms with Crippen LogP contribution in [0.2, 0.25) is 0 Å². The van der Waals surface area contributed by atoms with Crippen molar-refractivity contribution in [3.8, 4) is 0 Å². The lowest BCUT2D eigenvalue weighted by atomic mass is 10.5. The van der Waals surface area contributed by atoms with Crippen molar-refractivity contribution in [3.63, 3.8) is 0 Å². The van der Waals surface area contributed by atoms with E-state index in [9.17, 15) is 8.42 Å². The minimum atomic E-state index is -2.81. The summed E-state index contributed by atoms with van der Waals surface area (Å²) in [6.45, 7) is 5.53. The lowest BCUT2D eigenvalue weighted by molar-refractivity contribution is 0.119. The Hall–Kier alpha value is -0.170. The number of nitrogens with one attached hydrogen (secondary N) is 1. The molecule has 0 saturated carbocycles. The van der Waals surface area contributed by atoms with Crippen LogP contribution in [0.1, 0.15) is 13.3 Å². The maximum absolute atomic E-state index is 11.2. The van der Waals surface area contributed by atoms with Gasteiger partial charge in [-0.25, -0.2) is 8.42 Å². The summed E-state index contributed by atoms with van der Waals surface area (Å²) in [5, 5.41) is 3.17. The fourth-order valence-electron chi connectivity index (χ4n) is 1.18. The minimum Gasteiger partial charge on any atom is -0.379 e. The Balaban J connectivity index is 3.19. The monoisotopic (exact) mass is 266 g/mol. The zero-order valence-corrected chi connectivity index (χ0v) is 12.1. The molecule has 0 heterocycles. The molecule has 0 radical (unpaired) electrons. The number of ether oxygens (including phenoxy) is 1. The van der Waals surface area contributed by atoms with Crippen LogP contribution < -0.4 is 5.32 Å². The molecular formula is C11H26N2O3S. The van der Waals surface area contributed by atoms with Crippen molar-refractivity contribution in [2.75, 3.05) is 58.4 Å². The summed E-state index contributed by atoms with van der Waals surface area (Å²) in [7, 11) is 1.21. The largest absolute Gasteiger partial charge is 0.379 e. The number of hydrogen-bond donors (Lipinski definition) is 1. The second-order valence-electron chi connectivity index (χ2n) is 4.26. The van der Waals surface area contributed by atoms with Crippen molar-refractivity contribution < 1.29 is 13.2 Å². The van der Waals surface area contributed by atoms with Gasteiger partial charge in [-0.3, -0.25) is 0 Å². The first-order valence-corrected chi connectivity index (χ1v) is 7.93. The lowest BCUT2D eigenvalue weighted by Crippen LogP contribution is -2.25. The average Bonchev–Trinajstić information content (AvgIpc) is 2.26. The zero-order chi connectivity index (χ0) is 13.1. The van der Waals surface area contributed by atoms with Crippen molar-refractivity contribution in [2.45, 2.75) is 13.3 Å². The highest BCUT2D eigenvalue weighted by atomic mass is 32.2. The Morgan fingerprint density at radius 3 is 2.47 bits per heavy atom. The molecule has 0 unspecified atom stereocenters. The molecule has 0 saturated heterocycles. The molecule has 0 aliphatic rings. The molecule has 0 aliphatic heterocycles. The number of hydrogen-bond acceptors (Lipinski definition) is 5. The van der Waals surface area contributed by atoms with Crippen LogP contribution >= 0.6 is 0 Å². The second kappa shape index (κ2) is 9.82.